The molecule has 1 unspecified atom stereocenters. The molecule has 1 heterocycles. The fourth-order valence-electron chi connectivity index (χ4n) is 2.67. The zero-order chi connectivity index (χ0) is 15.4. The Kier molecular flexibility index (Phi) is 4.99. The topological polar surface area (TPSA) is 49.4 Å². The van der Waals surface area contributed by atoms with Gasteiger partial charge in [-0.3, -0.25) is 9.59 Å². The van der Waals surface area contributed by atoms with Crippen molar-refractivity contribution in [3.63, 3.8) is 0 Å². The molecule has 1 fully saturated rings. The van der Waals surface area contributed by atoms with E-state index < -0.39 is 0 Å². The standard InChI is InChI=1S/C17H24N2O2/c1-12(2)18-16(20)14-6-8-15(9-7-14)17(21)19-10-4-5-13(3)11-19/h6-9,12-13H,4-5,10-11H2,1-3H3,(H,18,20). The molecule has 1 aromatic rings. The molecule has 21 heavy (non-hydrogen) atoms. The SMILES string of the molecule is CC1CCCN(C(=O)c2ccc(C(=O)NC(C)C)cc2)C1. The van der Waals surface area contributed by atoms with Gasteiger partial charge in [0.05, 0.1) is 0 Å². The molecule has 1 aromatic carbocycles. The highest BCUT2D eigenvalue weighted by molar-refractivity contribution is 5.97. The second-order valence-corrected chi connectivity index (χ2v) is 6.20. The molecule has 1 saturated heterocycles. The summed E-state index contributed by atoms with van der Waals surface area (Å²) in [6.45, 7) is 7.69. The van der Waals surface area contributed by atoms with Gasteiger partial charge in [-0.15, -0.1) is 0 Å². The lowest BCUT2D eigenvalue weighted by atomic mass is 9.99. The van der Waals surface area contributed by atoms with Crippen LogP contribution in [-0.4, -0.2) is 35.8 Å². The molecule has 114 valence electrons. The lowest BCUT2D eigenvalue weighted by Crippen LogP contribution is -2.39. The summed E-state index contributed by atoms with van der Waals surface area (Å²) in [4.78, 5) is 26.2. The quantitative estimate of drug-likeness (QED) is 0.929. The third-order valence-corrected chi connectivity index (χ3v) is 3.76. The van der Waals surface area contributed by atoms with Gasteiger partial charge in [0.2, 0.25) is 0 Å². The Morgan fingerprint density at radius 3 is 2.38 bits per heavy atom. The van der Waals surface area contributed by atoms with Crippen LogP contribution in [-0.2, 0) is 0 Å². The van der Waals surface area contributed by atoms with Crippen LogP contribution >= 0.6 is 0 Å². The predicted molar refractivity (Wildman–Crippen MR) is 83.3 cm³/mol. The third-order valence-electron chi connectivity index (χ3n) is 3.76. The van der Waals surface area contributed by atoms with E-state index >= 15 is 0 Å². The lowest BCUT2D eigenvalue weighted by molar-refractivity contribution is 0.0682. The van der Waals surface area contributed by atoms with Crippen molar-refractivity contribution in [2.75, 3.05) is 13.1 Å². The summed E-state index contributed by atoms with van der Waals surface area (Å²) in [5.41, 5.74) is 1.25. The van der Waals surface area contributed by atoms with Gasteiger partial charge in [-0.1, -0.05) is 6.92 Å². The average molecular weight is 288 g/mol. The fourth-order valence-corrected chi connectivity index (χ4v) is 2.67. The van der Waals surface area contributed by atoms with E-state index in [2.05, 4.69) is 12.2 Å². The first-order valence-electron chi connectivity index (χ1n) is 7.67. The van der Waals surface area contributed by atoms with Crippen LogP contribution in [0.25, 0.3) is 0 Å². The van der Waals surface area contributed by atoms with Gasteiger partial charge in [0.25, 0.3) is 11.8 Å². The maximum absolute atomic E-state index is 12.4. The predicted octanol–water partition coefficient (Wildman–Crippen LogP) is 2.70. The number of nitrogens with one attached hydrogen (secondary N) is 1. The molecule has 0 saturated carbocycles. The molecule has 0 spiro atoms. The van der Waals surface area contributed by atoms with E-state index in [0.717, 1.165) is 19.5 Å². The largest absolute Gasteiger partial charge is 0.350 e. The van der Waals surface area contributed by atoms with Crippen LogP contribution in [0.15, 0.2) is 24.3 Å². The van der Waals surface area contributed by atoms with Crippen molar-refractivity contribution >= 4 is 11.8 Å². The van der Waals surface area contributed by atoms with Crippen LogP contribution in [0.1, 0.15) is 54.3 Å². The van der Waals surface area contributed by atoms with Crippen molar-refractivity contribution in [2.24, 2.45) is 5.92 Å². The molecular weight excluding hydrogens is 264 g/mol. The molecule has 1 N–H and O–H groups in total. The molecule has 0 bridgehead atoms. The number of hydrogen-bond acceptors (Lipinski definition) is 2. The highest BCUT2D eigenvalue weighted by Gasteiger charge is 2.22. The molecule has 1 aliphatic rings. The monoisotopic (exact) mass is 288 g/mol. The number of benzene rings is 1. The van der Waals surface area contributed by atoms with Gasteiger partial charge < -0.3 is 10.2 Å². The summed E-state index contributed by atoms with van der Waals surface area (Å²) < 4.78 is 0. The maximum Gasteiger partial charge on any atom is 0.253 e. The first kappa shape index (κ1) is 15.5. The van der Waals surface area contributed by atoms with Gasteiger partial charge in [-0.2, -0.15) is 0 Å². The van der Waals surface area contributed by atoms with Gasteiger partial charge in [0, 0.05) is 30.3 Å². The molecule has 0 aliphatic carbocycles. The molecule has 1 atom stereocenters. The number of rotatable bonds is 3. The smallest absolute Gasteiger partial charge is 0.253 e. The minimum absolute atomic E-state index is 0.0670. The first-order chi connectivity index (χ1) is 9.97. The third kappa shape index (κ3) is 4.06. The van der Waals surface area contributed by atoms with Crippen molar-refractivity contribution in [2.45, 2.75) is 39.7 Å². The summed E-state index contributed by atoms with van der Waals surface area (Å²) in [6.07, 6.45) is 2.26. The van der Waals surface area contributed by atoms with E-state index in [0.29, 0.717) is 17.0 Å². The molecule has 4 nitrogen and oxygen atoms in total. The molecule has 0 aromatic heterocycles. The minimum Gasteiger partial charge on any atom is -0.350 e. The Morgan fingerprint density at radius 1 is 1.19 bits per heavy atom. The number of carbonyl (C=O) groups is 2. The Labute approximate surface area is 126 Å². The van der Waals surface area contributed by atoms with Gasteiger partial charge in [0.1, 0.15) is 0 Å². The van der Waals surface area contributed by atoms with Crippen molar-refractivity contribution < 1.29 is 9.59 Å². The molecule has 1 aliphatic heterocycles. The van der Waals surface area contributed by atoms with E-state index in [4.69, 9.17) is 0 Å². The Bertz CT molecular complexity index is 508. The summed E-state index contributed by atoms with van der Waals surface area (Å²) >= 11 is 0. The van der Waals surface area contributed by atoms with Gasteiger partial charge >= 0.3 is 0 Å². The van der Waals surface area contributed by atoms with Crippen molar-refractivity contribution in [1.82, 2.24) is 10.2 Å². The molecule has 2 rings (SSSR count). The lowest BCUT2D eigenvalue weighted by Gasteiger charge is -2.31. The van der Waals surface area contributed by atoms with E-state index in [1.165, 1.54) is 6.42 Å². The van der Waals surface area contributed by atoms with Crippen LogP contribution in [0.5, 0.6) is 0 Å². The molecular formula is C17H24N2O2. The zero-order valence-electron chi connectivity index (χ0n) is 13.1. The van der Waals surface area contributed by atoms with Gasteiger partial charge in [0.15, 0.2) is 0 Å². The highest BCUT2D eigenvalue weighted by Crippen LogP contribution is 2.18. The Morgan fingerprint density at radius 2 is 1.81 bits per heavy atom. The molecule has 2 amide bonds. The number of amides is 2. The summed E-state index contributed by atoms with van der Waals surface area (Å²) in [6, 6.07) is 7.04. The van der Waals surface area contributed by atoms with Crippen molar-refractivity contribution in [1.29, 1.82) is 0 Å². The van der Waals surface area contributed by atoms with Crippen LogP contribution < -0.4 is 5.32 Å². The van der Waals surface area contributed by atoms with E-state index in [9.17, 15) is 9.59 Å². The summed E-state index contributed by atoms with van der Waals surface area (Å²) in [7, 11) is 0. The van der Waals surface area contributed by atoms with E-state index in [1.807, 2.05) is 18.7 Å². The summed E-state index contributed by atoms with van der Waals surface area (Å²) in [5.74, 6) is 0.534. The van der Waals surface area contributed by atoms with Crippen LogP contribution in [0.4, 0.5) is 0 Å². The maximum atomic E-state index is 12.4. The number of nitrogens with zero attached hydrogens (tertiary/aromatic N) is 1. The van der Waals surface area contributed by atoms with Crippen LogP contribution in [0.3, 0.4) is 0 Å². The van der Waals surface area contributed by atoms with E-state index in [-0.39, 0.29) is 17.9 Å². The van der Waals surface area contributed by atoms with Crippen molar-refractivity contribution in [3.8, 4) is 0 Å². The number of likely N-dealkylation sites (tertiary alicyclic amines) is 1. The van der Waals surface area contributed by atoms with Crippen LogP contribution in [0.2, 0.25) is 0 Å². The number of hydrogen-bond donors (Lipinski definition) is 1. The van der Waals surface area contributed by atoms with E-state index in [1.54, 1.807) is 24.3 Å². The van der Waals surface area contributed by atoms with Crippen molar-refractivity contribution in [3.05, 3.63) is 35.4 Å². The molecule has 4 heteroatoms. The van der Waals surface area contributed by atoms with Gasteiger partial charge in [-0.05, 0) is 56.9 Å². The summed E-state index contributed by atoms with van der Waals surface area (Å²) in [5, 5.41) is 2.84. The minimum atomic E-state index is -0.101. The molecule has 0 radical (unpaired) electrons. The highest BCUT2D eigenvalue weighted by atomic mass is 16.2. The number of piperidine rings is 1. The number of carbonyl (C=O) groups excluding carboxylic acids is 2. The normalized spacial score (nSPS) is 18.7. The van der Waals surface area contributed by atoms with Gasteiger partial charge in [-0.25, -0.2) is 0 Å². The second kappa shape index (κ2) is 6.74. The zero-order valence-corrected chi connectivity index (χ0v) is 13.1. The second-order valence-electron chi connectivity index (χ2n) is 6.20. The average Bonchev–Trinajstić information content (AvgIpc) is 2.46. The van der Waals surface area contributed by atoms with Crippen LogP contribution in [0, 0.1) is 5.92 Å². The Hall–Kier alpha value is -1.84. The Balaban J connectivity index is 2.04. The first-order valence-corrected chi connectivity index (χ1v) is 7.67. The fraction of sp³-hybridized carbons (Fsp3) is 0.529.